The van der Waals surface area contributed by atoms with Gasteiger partial charge in [0.1, 0.15) is 4.90 Å². The van der Waals surface area contributed by atoms with Gasteiger partial charge in [-0.25, -0.2) is 8.42 Å². The van der Waals surface area contributed by atoms with Crippen molar-refractivity contribution in [2.75, 3.05) is 6.61 Å². The number of para-hydroxylation sites is 1. The molecule has 1 aromatic carbocycles. The monoisotopic (exact) mass is 315 g/mol. The van der Waals surface area contributed by atoms with E-state index in [0.717, 1.165) is 12.1 Å². The predicted octanol–water partition coefficient (Wildman–Crippen LogP) is 2.10. The van der Waals surface area contributed by atoms with Gasteiger partial charge in [0, 0.05) is 6.07 Å². The van der Waals surface area contributed by atoms with Gasteiger partial charge in [0.15, 0.2) is 15.1 Å². The Kier molecular flexibility index (Phi) is 5.83. The molecule has 0 saturated carbocycles. The highest BCUT2D eigenvalue weighted by Gasteiger charge is 2.38. The first-order chi connectivity index (χ1) is 9.86. The molecule has 1 unspecified atom stereocenters. The van der Waals surface area contributed by atoms with Crippen LogP contribution in [0.5, 0.6) is 0 Å². The van der Waals surface area contributed by atoms with E-state index in [1.807, 2.05) is 0 Å². The van der Waals surface area contributed by atoms with Crippen molar-refractivity contribution < 1.29 is 22.9 Å². The van der Waals surface area contributed by atoms with Crippen LogP contribution in [0.25, 0.3) is 0 Å². The molecule has 0 spiro atoms. The van der Waals surface area contributed by atoms with Crippen LogP contribution in [0.2, 0.25) is 0 Å². The number of hydrogen-bond acceptors (Lipinski definition) is 6. The van der Waals surface area contributed by atoms with Crippen LogP contribution in [0.1, 0.15) is 26.7 Å². The molecule has 21 heavy (non-hydrogen) atoms. The van der Waals surface area contributed by atoms with E-state index in [1.54, 1.807) is 13.8 Å². The molecule has 0 heterocycles. The number of esters is 1. The number of nitro benzene ring substituents is 1. The van der Waals surface area contributed by atoms with Crippen molar-refractivity contribution in [3.8, 4) is 0 Å². The summed E-state index contributed by atoms with van der Waals surface area (Å²) in [4.78, 5) is 21.6. The Morgan fingerprint density at radius 2 is 1.95 bits per heavy atom. The van der Waals surface area contributed by atoms with Gasteiger partial charge in [0.05, 0.1) is 11.5 Å². The molecule has 0 aromatic heterocycles. The molecule has 0 radical (unpaired) electrons. The van der Waals surface area contributed by atoms with Crippen LogP contribution in [0.3, 0.4) is 0 Å². The third kappa shape index (κ3) is 3.78. The number of hydrogen-bond donors (Lipinski definition) is 0. The Morgan fingerprint density at radius 1 is 1.33 bits per heavy atom. The molecule has 1 atom stereocenters. The minimum absolute atomic E-state index is 0.0471. The van der Waals surface area contributed by atoms with Gasteiger partial charge in [-0.15, -0.1) is 0 Å². The fraction of sp³-hybridized carbons (Fsp3) is 0.462. The second kappa shape index (κ2) is 7.16. The first-order valence-corrected chi connectivity index (χ1v) is 8.04. The Morgan fingerprint density at radius 3 is 2.48 bits per heavy atom. The maximum Gasteiger partial charge on any atom is 0.324 e. The first kappa shape index (κ1) is 17.1. The van der Waals surface area contributed by atoms with Gasteiger partial charge in [-0.2, -0.15) is 0 Å². The van der Waals surface area contributed by atoms with Crippen LogP contribution in [0, 0.1) is 10.1 Å². The van der Waals surface area contributed by atoms with Crippen molar-refractivity contribution in [3.05, 3.63) is 34.4 Å². The molecule has 0 bridgehead atoms. The highest BCUT2D eigenvalue weighted by atomic mass is 32.2. The van der Waals surface area contributed by atoms with Gasteiger partial charge in [-0.3, -0.25) is 14.9 Å². The van der Waals surface area contributed by atoms with Crippen molar-refractivity contribution in [2.45, 2.75) is 36.8 Å². The lowest BCUT2D eigenvalue weighted by Crippen LogP contribution is -2.32. The van der Waals surface area contributed by atoms with Crippen molar-refractivity contribution >= 4 is 21.5 Å². The van der Waals surface area contributed by atoms with E-state index in [4.69, 9.17) is 4.74 Å². The van der Waals surface area contributed by atoms with E-state index >= 15 is 0 Å². The average Bonchev–Trinajstić information content (AvgIpc) is 2.44. The summed E-state index contributed by atoms with van der Waals surface area (Å²) in [5.41, 5.74) is -0.539. The summed E-state index contributed by atoms with van der Waals surface area (Å²) in [5, 5.41) is 9.54. The van der Waals surface area contributed by atoms with Crippen LogP contribution in [-0.2, 0) is 19.4 Å². The van der Waals surface area contributed by atoms with E-state index in [0.29, 0.717) is 6.42 Å². The van der Waals surface area contributed by atoms with Gasteiger partial charge in [-0.05, 0) is 19.4 Å². The van der Waals surface area contributed by atoms with E-state index in [2.05, 4.69) is 0 Å². The highest BCUT2D eigenvalue weighted by molar-refractivity contribution is 7.93. The van der Waals surface area contributed by atoms with Crippen LogP contribution in [-0.4, -0.2) is 31.2 Å². The maximum absolute atomic E-state index is 12.6. The molecule has 0 N–H and O–H groups in total. The third-order valence-corrected chi connectivity index (χ3v) is 4.98. The van der Waals surface area contributed by atoms with Crippen LogP contribution < -0.4 is 0 Å². The van der Waals surface area contributed by atoms with Crippen LogP contribution >= 0.6 is 0 Å². The van der Waals surface area contributed by atoms with Crippen molar-refractivity contribution in [3.63, 3.8) is 0 Å². The van der Waals surface area contributed by atoms with E-state index < -0.39 is 36.6 Å². The van der Waals surface area contributed by atoms with E-state index in [9.17, 15) is 23.3 Å². The number of sulfone groups is 1. The number of benzene rings is 1. The zero-order chi connectivity index (χ0) is 16.0. The zero-order valence-corrected chi connectivity index (χ0v) is 12.6. The molecule has 0 aliphatic rings. The summed E-state index contributed by atoms with van der Waals surface area (Å²) in [6, 6.07) is 4.99. The van der Waals surface area contributed by atoms with Gasteiger partial charge < -0.3 is 4.74 Å². The fourth-order valence-corrected chi connectivity index (χ4v) is 3.78. The molecular formula is C13H17NO6S. The van der Waals surface area contributed by atoms with Crippen molar-refractivity contribution in [1.29, 1.82) is 0 Å². The average molecular weight is 315 g/mol. The zero-order valence-electron chi connectivity index (χ0n) is 11.8. The molecule has 116 valence electrons. The molecule has 0 aliphatic carbocycles. The number of ether oxygens (including phenoxy) is 1. The lowest BCUT2D eigenvalue weighted by molar-refractivity contribution is -0.387. The molecule has 1 aromatic rings. The minimum Gasteiger partial charge on any atom is -0.465 e. The highest BCUT2D eigenvalue weighted by Crippen LogP contribution is 2.28. The number of nitrogens with zero attached hydrogens (tertiary/aromatic N) is 1. The second-order valence-corrected chi connectivity index (χ2v) is 6.40. The number of carbonyl (C=O) groups excluding carboxylic acids is 1. The van der Waals surface area contributed by atoms with Crippen LogP contribution in [0.15, 0.2) is 29.2 Å². The molecule has 0 saturated heterocycles. The van der Waals surface area contributed by atoms with Crippen molar-refractivity contribution in [1.82, 2.24) is 0 Å². The Bertz CT molecular complexity index is 625. The number of rotatable bonds is 7. The third-order valence-electron chi connectivity index (χ3n) is 2.84. The SMILES string of the molecule is CCCC(C(=O)OCC)S(=O)(=O)c1ccccc1[N+](=O)[O-]. The minimum atomic E-state index is -4.18. The number of nitro groups is 1. The standard InChI is InChI=1S/C13H17NO6S/c1-3-7-12(13(15)20-4-2)21(18,19)11-9-6-5-8-10(11)14(16)17/h5-6,8-9,12H,3-4,7H2,1-2H3. The van der Waals surface area contributed by atoms with Gasteiger partial charge in [0.2, 0.25) is 0 Å². The van der Waals surface area contributed by atoms with E-state index in [-0.39, 0.29) is 13.0 Å². The van der Waals surface area contributed by atoms with Gasteiger partial charge in [-0.1, -0.05) is 25.5 Å². The molecule has 0 amide bonds. The topological polar surface area (TPSA) is 104 Å². The normalized spacial score (nSPS) is 12.7. The van der Waals surface area contributed by atoms with Gasteiger partial charge in [0.25, 0.3) is 5.69 Å². The summed E-state index contributed by atoms with van der Waals surface area (Å²) in [6.45, 7) is 3.34. The lowest BCUT2D eigenvalue weighted by Gasteiger charge is -2.15. The smallest absolute Gasteiger partial charge is 0.324 e. The Hall–Kier alpha value is -1.96. The predicted molar refractivity (Wildman–Crippen MR) is 75.6 cm³/mol. The van der Waals surface area contributed by atoms with Crippen LogP contribution in [0.4, 0.5) is 5.69 Å². The molecule has 1 rings (SSSR count). The second-order valence-electron chi connectivity index (χ2n) is 4.30. The lowest BCUT2D eigenvalue weighted by atomic mass is 10.2. The molecule has 8 heteroatoms. The van der Waals surface area contributed by atoms with Crippen molar-refractivity contribution in [2.24, 2.45) is 0 Å². The first-order valence-electron chi connectivity index (χ1n) is 6.50. The summed E-state index contributed by atoms with van der Waals surface area (Å²) in [7, 11) is -4.18. The van der Waals surface area contributed by atoms with E-state index in [1.165, 1.54) is 12.1 Å². The molecule has 7 nitrogen and oxygen atoms in total. The molecular weight excluding hydrogens is 298 g/mol. The van der Waals surface area contributed by atoms with Gasteiger partial charge >= 0.3 is 5.97 Å². The molecule has 0 fully saturated rings. The Labute approximate surface area is 123 Å². The summed E-state index contributed by atoms with van der Waals surface area (Å²) >= 11 is 0. The fourth-order valence-electron chi connectivity index (χ4n) is 1.90. The quantitative estimate of drug-likeness (QED) is 0.433. The molecule has 0 aliphatic heterocycles. The summed E-state index contributed by atoms with van der Waals surface area (Å²) < 4.78 is 29.9. The number of carbonyl (C=O) groups is 1. The maximum atomic E-state index is 12.6. The summed E-state index contributed by atoms with van der Waals surface area (Å²) in [5.74, 6) is -0.877. The summed E-state index contributed by atoms with van der Waals surface area (Å²) in [6.07, 6.45) is 0.483. The Balaban J connectivity index is 3.36. The largest absolute Gasteiger partial charge is 0.465 e.